The summed E-state index contributed by atoms with van der Waals surface area (Å²) in [7, 11) is 0. The number of carbonyl (C=O) groups is 2. The van der Waals surface area contributed by atoms with Crippen LogP contribution in [0.1, 0.15) is 40.4 Å². The van der Waals surface area contributed by atoms with Crippen LogP contribution in [-0.4, -0.2) is 35.2 Å². The number of aryl methyl sites for hydroxylation is 1. The highest BCUT2D eigenvalue weighted by atomic mass is 32.1. The zero-order valence-electron chi connectivity index (χ0n) is 12.3. The standard InChI is InChI=1S/C15H19NO4S/c1-9-8-12(21-11(9)4-5-13(17)18)14(19)16-15(3)6-7-20-10(15)2/h4-5,8,10H,6-7H2,1-3H3,(H,16,19)(H,17,18)/b5-4+. The molecule has 2 N–H and O–H groups in total. The first-order valence-electron chi connectivity index (χ1n) is 6.77. The Morgan fingerprint density at radius 1 is 1.57 bits per heavy atom. The monoisotopic (exact) mass is 309 g/mol. The highest BCUT2D eigenvalue weighted by Crippen LogP contribution is 2.28. The molecule has 1 aromatic heterocycles. The molecule has 2 atom stereocenters. The number of rotatable bonds is 4. The molecule has 1 aliphatic heterocycles. The predicted molar refractivity (Wildman–Crippen MR) is 81.6 cm³/mol. The highest BCUT2D eigenvalue weighted by Gasteiger charge is 2.38. The largest absolute Gasteiger partial charge is 0.478 e. The fourth-order valence-electron chi connectivity index (χ4n) is 2.24. The van der Waals surface area contributed by atoms with E-state index in [9.17, 15) is 9.59 Å². The SMILES string of the molecule is Cc1cc(C(=O)NC2(C)CCOC2C)sc1/C=C/C(=O)O. The van der Waals surface area contributed by atoms with Gasteiger partial charge in [0.25, 0.3) is 5.91 Å². The molecule has 1 aromatic rings. The second-order valence-electron chi connectivity index (χ2n) is 5.46. The molecule has 5 nitrogen and oxygen atoms in total. The van der Waals surface area contributed by atoms with Crippen molar-refractivity contribution in [2.45, 2.75) is 38.8 Å². The summed E-state index contributed by atoms with van der Waals surface area (Å²) in [6, 6.07) is 1.78. The van der Waals surface area contributed by atoms with E-state index >= 15 is 0 Å². The zero-order chi connectivity index (χ0) is 15.6. The molecule has 0 spiro atoms. The van der Waals surface area contributed by atoms with Crippen LogP contribution in [0.25, 0.3) is 6.08 Å². The van der Waals surface area contributed by atoms with Crippen molar-refractivity contribution >= 4 is 29.3 Å². The van der Waals surface area contributed by atoms with Crippen LogP contribution in [0.2, 0.25) is 0 Å². The van der Waals surface area contributed by atoms with Crippen molar-refractivity contribution in [3.8, 4) is 0 Å². The van der Waals surface area contributed by atoms with Gasteiger partial charge in [-0.1, -0.05) is 0 Å². The Bertz CT molecular complexity index is 592. The van der Waals surface area contributed by atoms with Crippen molar-refractivity contribution in [3.63, 3.8) is 0 Å². The van der Waals surface area contributed by atoms with Gasteiger partial charge in [0.2, 0.25) is 0 Å². The topological polar surface area (TPSA) is 75.6 Å². The first kappa shape index (κ1) is 15.7. The van der Waals surface area contributed by atoms with Gasteiger partial charge in [-0.25, -0.2) is 4.79 Å². The average Bonchev–Trinajstić information content (AvgIpc) is 2.91. The van der Waals surface area contributed by atoms with Gasteiger partial charge in [0.1, 0.15) is 0 Å². The quantitative estimate of drug-likeness (QED) is 0.838. The third-order valence-electron chi connectivity index (χ3n) is 3.84. The van der Waals surface area contributed by atoms with Gasteiger partial charge in [0.05, 0.1) is 16.5 Å². The third kappa shape index (κ3) is 3.51. The van der Waals surface area contributed by atoms with Crippen LogP contribution in [0.15, 0.2) is 12.1 Å². The van der Waals surface area contributed by atoms with Crippen LogP contribution < -0.4 is 5.32 Å². The number of amides is 1. The van der Waals surface area contributed by atoms with Crippen LogP contribution in [0, 0.1) is 6.92 Å². The Labute approximate surface area is 127 Å². The maximum absolute atomic E-state index is 12.4. The number of hydrogen-bond donors (Lipinski definition) is 2. The number of thiophene rings is 1. The number of nitrogens with one attached hydrogen (secondary N) is 1. The molecule has 114 valence electrons. The number of carboxylic acid groups (broad SMARTS) is 1. The van der Waals surface area contributed by atoms with Crippen LogP contribution >= 0.6 is 11.3 Å². The van der Waals surface area contributed by atoms with Gasteiger partial charge in [-0.05, 0) is 44.9 Å². The van der Waals surface area contributed by atoms with Gasteiger partial charge < -0.3 is 15.2 Å². The average molecular weight is 309 g/mol. The van der Waals surface area contributed by atoms with E-state index in [4.69, 9.17) is 9.84 Å². The summed E-state index contributed by atoms with van der Waals surface area (Å²) in [6.07, 6.45) is 3.36. The molecule has 0 radical (unpaired) electrons. The Kier molecular flexibility index (Phi) is 4.49. The minimum absolute atomic E-state index is 0.0196. The fraction of sp³-hybridized carbons (Fsp3) is 0.467. The summed E-state index contributed by atoms with van der Waals surface area (Å²) in [5.41, 5.74) is 0.537. The van der Waals surface area contributed by atoms with Crippen LogP contribution in [0.3, 0.4) is 0 Å². The molecule has 2 unspecified atom stereocenters. The lowest BCUT2D eigenvalue weighted by atomic mass is 9.94. The van der Waals surface area contributed by atoms with Gasteiger partial charge >= 0.3 is 5.97 Å². The number of ether oxygens (including phenoxy) is 1. The van der Waals surface area contributed by atoms with Gasteiger partial charge in [-0.15, -0.1) is 11.3 Å². The van der Waals surface area contributed by atoms with Crippen molar-refractivity contribution in [3.05, 3.63) is 27.5 Å². The maximum atomic E-state index is 12.4. The smallest absolute Gasteiger partial charge is 0.328 e. The van der Waals surface area contributed by atoms with E-state index < -0.39 is 5.97 Å². The number of aliphatic carboxylic acids is 1. The summed E-state index contributed by atoms with van der Waals surface area (Å²) in [6.45, 7) is 6.44. The molecule has 2 heterocycles. The van der Waals surface area contributed by atoms with E-state index in [1.165, 1.54) is 17.4 Å². The summed E-state index contributed by atoms with van der Waals surface area (Å²) in [5, 5.41) is 11.7. The first-order valence-corrected chi connectivity index (χ1v) is 7.59. The van der Waals surface area contributed by atoms with E-state index in [1.54, 1.807) is 6.07 Å². The molecule has 1 fully saturated rings. The second kappa shape index (κ2) is 5.99. The molecule has 6 heteroatoms. The van der Waals surface area contributed by atoms with E-state index in [0.717, 1.165) is 22.9 Å². The Hall–Kier alpha value is -1.66. The van der Waals surface area contributed by atoms with Gasteiger partial charge in [0, 0.05) is 17.6 Å². The second-order valence-corrected chi connectivity index (χ2v) is 6.55. The molecule has 0 aromatic carbocycles. The van der Waals surface area contributed by atoms with Gasteiger partial charge in [-0.2, -0.15) is 0 Å². The molecule has 0 aliphatic carbocycles. The number of carbonyl (C=O) groups excluding carboxylic acids is 1. The highest BCUT2D eigenvalue weighted by molar-refractivity contribution is 7.15. The molecule has 0 saturated carbocycles. The molecule has 0 bridgehead atoms. The fourth-order valence-corrected chi connectivity index (χ4v) is 3.21. The zero-order valence-corrected chi connectivity index (χ0v) is 13.1. The lowest BCUT2D eigenvalue weighted by Crippen LogP contribution is -2.50. The van der Waals surface area contributed by atoms with E-state index in [1.807, 2.05) is 20.8 Å². The summed E-state index contributed by atoms with van der Waals surface area (Å²) in [5.74, 6) is -1.14. The van der Waals surface area contributed by atoms with Crippen LogP contribution in [-0.2, 0) is 9.53 Å². The van der Waals surface area contributed by atoms with E-state index in [2.05, 4.69) is 5.32 Å². The number of hydrogen-bond acceptors (Lipinski definition) is 4. The lowest BCUT2D eigenvalue weighted by molar-refractivity contribution is -0.131. The Balaban J connectivity index is 2.13. The maximum Gasteiger partial charge on any atom is 0.328 e. The van der Waals surface area contributed by atoms with Crippen molar-refractivity contribution < 1.29 is 19.4 Å². The predicted octanol–water partition coefficient (Wildman–Crippen LogP) is 2.45. The molecule has 2 rings (SSSR count). The van der Waals surface area contributed by atoms with Crippen molar-refractivity contribution in [1.29, 1.82) is 0 Å². The van der Waals surface area contributed by atoms with E-state index in [-0.39, 0.29) is 17.6 Å². The Morgan fingerprint density at radius 3 is 2.86 bits per heavy atom. The van der Waals surface area contributed by atoms with Crippen LogP contribution in [0.4, 0.5) is 0 Å². The van der Waals surface area contributed by atoms with Crippen LogP contribution in [0.5, 0.6) is 0 Å². The molecular weight excluding hydrogens is 290 g/mol. The minimum Gasteiger partial charge on any atom is -0.478 e. The van der Waals surface area contributed by atoms with Gasteiger partial charge in [0.15, 0.2) is 0 Å². The van der Waals surface area contributed by atoms with Gasteiger partial charge in [-0.3, -0.25) is 4.79 Å². The first-order chi connectivity index (χ1) is 9.82. The molecule has 1 amide bonds. The number of carboxylic acids is 1. The van der Waals surface area contributed by atoms with Crippen molar-refractivity contribution in [2.75, 3.05) is 6.61 Å². The third-order valence-corrected chi connectivity index (χ3v) is 5.04. The van der Waals surface area contributed by atoms with Crippen molar-refractivity contribution in [2.24, 2.45) is 0 Å². The molecule has 1 aliphatic rings. The summed E-state index contributed by atoms with van der Waals surface area (Å²) >= 11 is 1.29. The molecular formula is C15H19NO4S. The lowest BCUT2D eigenvalue weighted by Gasteiger charge is -2.28. The van der Waals surface area contributed by atoms with Crippen molar-refractivity contribution in [1.82, 2.24) is 5.32 Å². The summed E-state index contributed by atoms with van der Waals surface area (Å²) in [4.78, 5) is 24.3. The molecule has 21 heavy (non-hydrogen) atoms. The molecule has 1 saturated heterocycles. The Morgan fingerprint density at radius 2 is 2.29 bits per heavy atom. The summed E-state index contributed by atoms with van der Waals surface area (Å²) < 4.78 is 5.51. The minimum atomic E-state index is -1.00. The normalized spacial score (nSPS) is 25.4. The van der Waals surface area contributed by atoms with E-state index in [0.29, 0.717) is 11.5 Å².